The van der Waals surface area contributed by atoms with E-state index in [0.29, 0.717) is 24.1 Å². The van der Waals surface area contributed by atoms with Gasteiger partial charge in [0.05, 0.1) is 28.7 Å². The average Bonchev–Trinajstić information content (AvgIpc) is 3.10. The lowest BCUT2D eigenvalue weighted by atomic mass is 9.93. The van der Waals surface area contributed by atoms with E-state index in [1.165, 1.54) is 37.0 Å². The van der Waals surface area contributed by atoms with Crippen LogP contribution in [0.4, 0.5) is 0 Å². The van der Waals surface area contributed by atoms with Gasteiger partial charge in [-0.05, 0) is 44.9 Å². The normalized spacial score (nSPS) is 18.1. The van der Waals surface area contributed by atoms with Gasteiger partial charge in [-0.2, -0.15) is 13.5 Å². The maximum absolute atomic E-state index is 13.3. The summed E-state index contributed by atoms with van der Waals surface area (Å²) in [5.74, 6) is -0.950. The van der Waals surface area contributed by atoms with Crippen LogP contribution in [0, 0.1) is 6.92 Å². The van der Waals surface area contributed by atoms with Crippen LogP contribution >= 0.6 is 0 Å². The third-order valence-corrected chi connectivity index (χ3v) is 8.12. The number of carbonyl (C=O) groups excluding carboxylic acids is 1. The molecule has 0 saturated carbocycles. The highest BCUT2D eigenvalue weighted by Gasteiger charge is 2.34. The first-order valence-corrected chi connectivity index (χ1v) is 12.7. The number of hydrogen-bond donors (Lipinski definition) is 0. The lowest BCUT2D eigenvalue weighted by Gasteiger charge is -2.27. The van der Waals surface area contributed by atoms with Crippen LogP contribution in [0.25, 0.3) is 0 Å². The zero-order valence-electron chi connectivity index (χ0n) is 17.2. The summed E-state index contributed by atoms with van der Waals surface area (Å²) < 4.78 is 60.9. The summed E-state index contributed by atoms with van der Waals surface area (Å²) in [4.78, 5) is 13.5. The summed E-state index contributed by atoms with van der Waals surface area (Å²) in [6.07, 6.45) is 1.10. The number of fused-ring (bicyclic) bond motifs is 1. The molecule has 1 aromatic carbocycles. The summed E-state index contributed by atoms with van der Waals surface area (Å²) in [5, 5.41) is 4.06. The molecule has 30 heavy (non-hydrogen) atoms. The largest absolute Gasteiger partial charge is 0.377 e. The van der Waals surface area contributed by atoms with E-state index in [1.807, 2.05) is 0 Å². The SMILES string of the molecule is CCn1ncc(C(=O)c2ccc3c(c2C)C(OC)CCS3(=O)=O)c1OS(=O)(=O)CC. The second kappa shape index (κ2) is 8.12. The predicted octanol–water partition coefficient (Wildman–Crippen LogP) is 2.04. The minimum atomic E-state index is -3.88. The van der Waals surface area contributed by atoms with E-state index in [2.05, 4.69) is 5.10 Å². The minimum Gasteiger partial charge on any atom is -0.377 e. The predicted molar refractivity (Wildman–Crippen MR) is 109 cm³/mol. The molecule has 1 atom stereocenters. The van der Waals surface area contributed by atoms with Crippen molar-refractivity contribution in [3.05, 3.63) is 40.6 Å². The van der Waals surface area contributed by atoms with Crippen molar-refractivity contribution < 1.29 is 30.6 Å². The molecule has 1 aromatic heterocycles. The van der Waals surface area contributed by atoms with Gasteiger partial charge >= 0.3 is 10.1 Å². The van der Waals surface area contributed by atoms with Gasteiger partial charge in [-0.1, -0.05) is 0 Å². The maximum atomic E-state index is 13.3. The van der Waals surface area contributed by atoms with Gasteiger partial charge in [0.2, 0.25) is 5.88 Å². The zero-order chi connectivity index (χ0) is 22.3. The molecule has 164 valence electrons. The van der Waals surface area contributed by atoms with Crippen LogP contribution in [-0.2, 0) is 31.2 Å². The van der Waals surface area contributed by atoms with Crippen molar-refractivity contribution in [2.24, 2.45) is 0 Å². The molecule has 0 saturated heterocycles. The molecule has 0 N–H and O–H groups in total. The van der Waals surface area contributed by atoms with E-state index in [9.17, 15) is 21.6 Å². The van der Waals surface area contributed by atoms with Crippen LogP contribution in [0.1, 0.15) is 53.4 Å². The molecule has 0 amide bonds. The monoisotopic (exact) mass is 456 g/mol. The van der Waals surface area contributed by atoms with Crippen molar-refractivity contribution in [2.45, 2.75) is 44.7 Å². The van der Waals surface area contributed by atoms with Crippen molar-refractivity contribution in [2.75, 3.05) is 18.6 Å². The number of sulfone groups is 1. The van der Waals surface area contributed by atoms with Gasteiger partial charge in [0.1, 0.15) is 5.56 Å². The van der Waals surface area contributed by atoms with Crippen LogP contribution in [0.2, 0.25) is 0 Å². The Hall–Kier alpha value is -2.24. The van der Waals surface area contributed by atoms with Gasteiger partial charge in [0.15, 0.2) is 15.6 Å². The summed E-state index contributed by atoms with van der Waals surface area (Å²) in [5.41, 5.74) is 1.16. The van der Waals surface area contributed by atoms with Gasteiger partial charge < -0.3 is 8.92 Å². The number of rotatable bonds is 7. The average molecular weight is 457 g/mol. The number of ether oxygens (including phenoxy) is 1. The smallest absolute Gasteiger partial charge is 0.310 e. The number of ketones is 1. The van der Waals surface area contributed by atoms with E-state index in [4.69, 9.17) is 8.92 Å². The number of aromatic nitrogens is 2. The fourth-order valence-corrected chi connectivity index (χ4v) is 5.71. The van der Waals surface area contributed by atoms with Gasteiger partial charge in [-0.3, -0.25) is 4.79 Å². The lowest BCUT2D eigenvalue weighted by molar-refractivity contribution is 0.0952. The molecule has 0 radical (unpaired) electrons. The van der Waals surface area contributed by atoms with E-state index in [1.54, 1.807) is 13.8 Å². The Bertz CT molecular complexity index is 1200. The molecule has 0 aliphatic carbocycles. The van der Waals surface area contributed by atoms with Crippen molar-refractivity contribution in [3.8, 4) is 5.88 Å². The summed E-state index contributed by atoms with van der Waals surface area (Å²) in [6, 6.07) is 2.84. The Morgan fingerprint density at radius 2 is 1.97 bits per heavy atom. The first-order chi connectivity index (χ1) is 14.1. The van der Waals surface area contributed by atoms with Crippen molar-refractivity contribution in [1.82, 2.24) is 9.78 Å². The standard InChI is InChI=1S/C19H24N2O7S2/c1-5-21-19(28-30(25,26)6-2)14(11-20-21)18(22)13-7-8-16-17(12(13)3)15(27-4)9-10-29(16,23)24/h7-8,11,15H,5-6,9-10H2,1-4H3. The number of aryl methyl sites for hydroxylation is 1. The highest BCUT2D eigenvalue weighted by atomic mass is 32.2. The zero-order valence-corrected chi connectivity index (χ0v) is 18.8. The van der Waals surface area contributed by atoms with E-state index >= 15 is 0 Å². The van der Waals surface area contributed by atoms with Crippen LogP contribution in [0.5, 0.6) is 5.88 Å². The van der Waals surface area contributed by atoms with Crippen LogP contribution in [-0.4, -0.2) is 51.0 Å². The Labute approximate surface area is 176 Å². The van der Waals surface area contributed by atoms with E-state index in [-0.39, 0.29) is 33.4 Å². The first-order valence-electron chi connectivity index (χ1n) is 9.48. The molecule has 0 fully saturated rings. The number of nitrogens with zero attached hydrogens (tertiary/aromatic N) is 2. The van der Waals surface area contributed by atoms with Gasteiger partial charge in [-0.15, -0.1) is 0 Å². The number of carbonyl (C=O) groups is 1. The quantitative estimate of drug-likeness (QED) is 0.458. The molecule has 3 rings (SSSR count). The second-order valence-corrected chi connectivity index (χ2v) is 10.9. The molecule has 1 aliphatic heterocycles. The maximum Gasteiger partial charge on any atom is 0.310 e. The summed E-state index contributed by atoms with van der Waals surface area (Å²) in [6.45, 7) is 5.13. The highest BCUT2D eigenvalue weighted by Crippen LogP contribution is 2.38. The van der Waals surface area contributed by atoms with E-state index < -0.39 is 31.8 Å². The third kappa shape index (κ3) is 3.88. The Kier molecular flexibility index (Phi) is 6.08. The third-order valence-electron chi connectivity index (χ3n) is 5.20. The number of methoxy groups -OCH3 is 1. The molecule has 9 nitrogen and oxygen atoms in total. The molecule has 0 spiro atoms. The van der Waals surface area contributed by atoms with Crippen molar-refractivity contribution in [1.29, 1.82) is 0 Å². The molecular formula is C19H24N2O7S2. The van der Waals surface area contributed by atoms with Gasteiger partial charge in [-0.25, -0.2) is 13.1 Å². The topological polar surface area (TPSA) is 122 Å². The Morgan fingerprint density at radius 3 is 2.57 bits per heavy atom. The molecule has 2 aromatic rings. The minimum absolute atomic E-state index is 0.00967. The number of benzene rings is 1. The Morgan fingerprint density at radius 1 is 1.27 bits per heavy atom. The highest BCUT2D eigenvalue weighted by molar-refractivity contribution is 7.91. The molecule has 2 heterocycles. The molecule has 1 unspecified atom stereocenters. The molecular weight excluding hydrogens is 432 g/mol. The summed E-state index contributed by atoms with van der Waals surface area (Å²) >= 11 is 0. The molecule has 1 aliphatic rings. The second-order valence-electron chi connectivity index (χ2n) is 6.92. The van der Waals surface area contributed by atoms with Gasteiger partial charge in [0.25, 0.3) is 0 Å². The van der Waals surface area contributed by atoms with Crippen molar-refractivity contribution >= 4 is 25.7 Å². The van der Waals surface area contributed by atoms with Crippen LogP contribution in [0.15, 0.2) is 23.2 Å². The fourth-order valence-electron chi connectivity index (χ4n) is 3.54. The lowest BCUT2D eigenvalue weighted by Crippen LogP contribution is -2.23. The van der Waals surface area contributed by atoms with Crippen molar-refractivity contribution in [3.63, 3.8) is 0 Å². The van der Waals surface area contributed by atoms with Crippen LogP contribution in [0.3, 0.4) is 0 Å². The summed E-state index contributed by atoms with van der Waals surface area (Å²) in [7, 11) is -5.85. The Balaban J connectivity index is 2.15. The van der Waals surface area contributed by atoms with Gasteiger partial charge in [0, 0.05) is 24.8 Å². The van der Waals surface area contributed by atoms with E-state index in [0.717, 1.165) is 0 Å². The van der Waals surface area contributed by atoms with Crippen LogP contribution < -0.4 is 4.18 Å². The number of hydrogen-bond acceptors (Lipinski definition) is 8. The first kappa shape index (κ1) is 22.4. The molecule has 11 heteroatoms. The fraction of sp³-hybridized carbons (Fsp3) is 0.474. The molecule has 0 bridgehead atoms.